The van der Waals surface area contributed by atoms with Crippen LogP contribution < -0.4 is 4.74 Å². The van der Waals surface area contributed by atoms with Crippen molar-refractivity contribution in [2.75, 3.05) is 18.1 Å². The van der Waals surface area contributed by atoms with Gasteiger partial charge in [0.05, 0.1) is 21.9 Å². The van der Waals surface area contributed by atoms with Crippen LogP contribution in [-0.2, 0) is 15.7 Å². The van der Waals surface area contributed by atoms with Crippen molar-refractivity contribution >= 4 is 37.4 Å². The Kier molecular flexibility index (Phi) is 6.46. The van der Waals surface area contributed by atoms with Gasteiger partial charge in [-0.05, 0) is 28.4 Å². The van der Waals surface area contributed by atoms with E-state index in [9.17, 15) is 8.42 Å². The van der Waals surface area contributed by atoms with Crippen LogP contribution >= 0.6 is 27.5 Å². The van der Waals surface area contributed by atoms with E-state index in [2.05, 4.69) is 15.9 Å². The summed E-state index contributed by atoms with van der Waals surface area (Å²) >= 11 is 9.17. The Morgan fingerprint density at radius 3 is 2.67 bits per heavy atom. The van der Waals surface area contributed by atoms with Crippen LogP contribution in [-0.4, -0.2) is 26.5 Å². The zero-order valence-corrected chi connectivity index (χ0v) is 13.3. The van der Waals surface area contributed by atoms with Gasteiger partial charge in [0.25, 0.3) is 0 Å². The zero-order valence-electron chi connectivity index (χ0n) is 10.2. The first kappa shape index (κ1) is 15.8. The van der Waals surface area contributed by atoms with Crippen molar-refractivity contribution < 1.29 is 13.2 Å². The molecule has 0 aliphatic heterocycles. The lowest BCUT2D eigenvalue weighted by Gasteiger charge is -2.11. The fourth-order valence-electron chi connectivity index (χ4n) is 1.50. The maximum absolute atomic E-state index is 11.5. The summed E-state index contributed by atoms with van der Waals surface area (Å²) in [6.07, 6.45) is 0.629. The Labute approximate surface area is 122 Å². The standard InChI is InChI=1S/C12H16BrClO3S/c1-2-7-18(15,16)8-6-17-12-10(9-14)4-3-5-11(12)13/h3-5H,2,6-9H2,1H3. The fourth-order valence-corrected chi connectivity index (χ4v) is 3.40. The van der Waals surface area contributed by atoms with Crippen LogP contribution in [0, 0.1) is 0 Å². The van der Waals surface area contributed by atoms with Gasteiger partial charge in [-0.15, -0.1) is 11.6 Å². The SMILES string of the molecule is CCCS(=O)(=O)CCOc1c(Br)cccc1CCl. The van der Waals surface area contributed by atoms with Gasteiger partial charge in [0, 0.05) is 5.56 Å². The molecule has 0 heterocycles. The molecule has 0 unspecified atom stereocenters. The average Bonchev–Trinajstić information content (AvgIpc) is 2.30. The summed E-state index contributed by atoms with van der Waals surface area (Å²) in [5, 5.41) is 0. The summed E-state index contributed by atoms with van der Waals surface area (Å²) in [5.74, 6) is 1.19. The molecule has 18 heavy (non-hydrogen) atoms. The Hall–Kier alpha value is -0.260. The Balaban J connectivity index is 2.64. The molecule has 0 saturated carbocycles. The molecule has 0 bridgehead atoms. The van der Waals surface area contributed by atoms with E-state index in [4.69, 9.17) is 16.3 Å². The van der Waals surface area contributed by atoms with E-state index in [1.54, 1.807) is 0 Å². The largest absolute Gasteiger partial charge is 0.491 e. The number of sulfone groups is 1. The molecule has 0 amide bonds. The van der Waals surface area contributed by atoms with Crippen LogP contribution in [0.15, 0.2) is 22.7 Å². The average molecular weight is 356 g/mol. The third-order valence-corrected chi connectivity index (χ3v) is 5.08. The molecule has 102 valence electrons. The van der Waals surface area contributed by atoms with Crippen molar-refractivity contribution in [1.82, 2.24) is 0 Å². The maximum Gasteiger partial charge on any atom is 0.153 e. The van der Waals surface area contributed by atoms with Gasteiger partial charge in [-0.2, -0.15) is 0 Å². The predicted octanol–water partition coefficient (Wildman–Crippen LogP) is 3.39. The quantitative estimate of drug-likeness (QED) is 0.704. The molecular weight excluding hydrogens is 340 g/mol. The second-order valence-corrected chi connectivity index (χ2v) is 7.29. The van der Waals surface area contributed by atoms with Crippen molar-refractivity contribution in [3.05, 3.63) is 28.2 Å². The van der Waals surface area contributed by atoms with Crippen molar-refractivity contribution in [3.8, 4) is 5.75 Å². The lowest BCUT2D eigenvalue weighted by atomic mass is 10.2. The van der Waals surface area contributed by atoms with Crippen molar-refractivity contribution in [3.63, 3.8) is 0 Å². The van der Waals surface area contributed by atoms with Crippen molar-refractivity contribution in [1.29, 1.82) is 0 Å². The van der Waals surface area contributed by atoms with Crippen molar-refractivity contribution in [2.45, 2.75) is 19.2 Å². The molecule has 0 saturated heterocycles. The minimum atomic E-state index is -3.01. The highest BCUT2D eigenvalue weighted by Gasteiger charge is 2.12. The summed E-state index contributed by atoms with van der Waals surface area (Å²) in [4.78, 5) is 0. The lowest BCUT2D eigenvalue weighted by Crippen LogP contribution is -2.17. The zero-order chi connectivity index (χ0) is 13.6. The monoisotopic (exact) mass is 354 g/mol. The van der Waals surface area contributed by atoms with E-state index in [0.29, 0.717) is 18.1 Å². The van der Waals surface area contributed by atoms with Gasteiger partial charge in [-0.25, -0.2) is 8.42 Å². The molecule has 1 aromatic carbocycles. The van der Waals surface area contributed by atoms with E-state index in [0.717, 1.165) is 10.0 Å². The van der Waals surface area contributed by atoms with E-state index in [-0.39, 0.29) is 18.1 Å². The van der Waals surface area contributed by atoms with Crippen LogP contribution in [0.1, 0.15) is 18.9 Å². The second-order valence-electron chi connectivity index (χ2n) is 3.86. The summed E-state index contributed by atoms with van der Waals surface area (Å²) in [6, 6.07) is 5.56. The van der Waals surface area contributed by atoms with Gasteiger partial charge in [0.15, 0.2) is 9.84 Å². The minimum Gasteiger partial charge on any atom is -0.491 e. The summed E-state index contributed by atoms with van der Waals surface area (Å²) in [6.45, 7) is 1.99. The lowest BCUT2D eigenvalue weighted by molar-refractivity contribution is 0.336. The highest BCUT2D eigenvalue weighted by atomic mass is 79.9. The van der Waals surface area contributed by atoms with Crippen LogP contribution in [0.3, 0.4) is 0 Å². The molecule has 0 fully saturated rings. The first-order chi connectivity index (χ1) is 8.50. The highest BCUT2D eigenvalue weighted by molar-refractivity contribution is 9.10. The van der Waals surface area contributed by atoms with Gasteiger partial charge in [0.2, 0.25) is 0 Å². The van der Waals surface area contributed by atoms with Gasteiger partial charge < -0.3 is 4.74 Å². The molecule has 0 aromatic heterocycles. The molecule has 0 atom stereocenters. The van der Waals surface area contributed by atoms with E-state index in [1.807, 2.05) is 25.1 Å². The van der Waals surface area contributed by atoms with E-state index in [1.165, 1.54) is 0 Å². The van der Waals surface area contributed by atoms with Crippen LogP contribution in [0.4, 0.5) is 0 Å². The third kappa shape index (κ3) is 4.78. The van der Waals surface area contributed by atoms with Crippen LogP contribution in [0.5, 0.6) is 5.75 Å². The number of halogens is 2. The number of alkyl halides is 1. The molecule has 3 nitrogen and oxygen atoms in total. The molecule has 0 radical (unpaired) electrons. The van der Waals surface area contributed by atoms with E-state index < -0.39 is 9.84 Å². The first-order valence-corrected chi connectivity index (χ1v) is 8.81. The molecule has 0 aliphatic rings. The number of benzene rings is 1. The summed E-state index contributed by atoms with van der Waals surface area (Å²) < 4.78 is 29.4. The van der Waals surface area contributed by atoms with E-state index >= 15 is 0 Å². The van der Waals surface area contributed by atoms with Gasteiger partial charge in [-0.1, -0.05) is 19.1 Å². The Morgan fingerprint density at radius 1 is 1.33 bits per heavy atom. The molecular formula is C12H16BrClO3S. The van der Waals surface area contributed by atoms with Crippen LogP contribution in [0.2, 0.25) is 0 Å². The highest BCUT2D eigenvalue weighted by Crippen LogP contribution is 2.30. The van der Waals surface area contributed by atoms with Crippen LogP contribution in [0.25, 0.3) is 0 Å². The second kappa shape index (κ2) is 7.36. The number of hydrogen-bond acceptors (Lipinski definition) is 3. The molecule has 0 N–H and O–H groups in total. The Bertz CT molecular complexity index is 488. The molecule has 0 spiro atoms. The fraction of sp³-hybridized carbons (Fsp3) is 0.500. The third-order valence-electron chi connectivity index (χ3n) is 2.35. The maximum atomic E-state index is 11.5. The first-order valence-electron chi connectivity index (χ1n) is 5.66. The topological polar surface area (TPSA) is 43.4 Å². The molecule has 1 rings (SSSR count). The normalized spacial score (nSPS) is 11.5. The number of para-hydroxylation sites is 1. The van der Waals surface area contributed by atoms with Gasteiger partial charge in [0.1, 0.15) is 12.4 Å². The van der Waals surface area contributed by atoms with Gasteiger partial charge >= 0.3 is 0 Å². The Morgan fingerprint density at radius 2 is 2.06 bits per heavy atom. The molecule has 0 aliphatic carbocycles. The minimum absolute atomic E-state index is 0.0316. The summed E-state index contributed by atoms with van der Waals surface area (Å²) in [5.41, 5.74) is 0.846. The predicted molar refractivity (Wildman–Crippen MR) is 78.1 cm³/mol. The number of ether oxygens (including phenoxy) is 1. The number of hydrogen-bond donors (Lipinski definition) is 0. The van der Waals surface area contributed by atoms with Gasteiger partial charge in [-0.3, -0.25) is 0 Å². The molecule has 6 heteroatoms. The molecule has 1 aromatic rings. The van der Waals surface area contributed by atoms with Crippen molar-refractivity contribution in [2.24, 2.45) is 0 Å². The smallest absolute Gasteiger partial charge is 0.153 e. The summed E-state index contributed by atoms with van der Waals surface area (Å²) in [7, 11) is -3.01. The number of rotatable bonds is 7.